The van der Waals surface area contributed by atoms with Crippen LogP contribution < -0.4 is 15.8 Å². The zero-order valence-electron chi connectivity index (χ0n) is 11.4. The van der Waals surface area contributed by atoms with Crippen LogP contribution in [0.15, 0.2) is 22.7 Å². The lowest BCUT2D eigenvalue weighted by atomic mass is 10.2. The number of thiocarbonyl (C=S) groups is 1. The molecule has 2 aromatic rings. The lowest BCUT2D eigenvalue weighted by molar-refractivity contribution is 0.415. The summed E-state index contributed by atoms with van der Waals surface area (Å²) in [6.07, 6.45) is 0. The van der Waals surface area contributed by atoms with Crippen LogP contribution >= 0.6 is 28.1 Å². The van der Waals surface area contributed by atoms with Crippen molar-refractivity contribution in [1.29, 1.82) is 0 Å². The summed E-state index contributed by atoms with van der Waals surface area (Å²) >= 11 is 8.54. The number of anilines is 2. The molecule has 0 aliphatic heterocycles. The number of nitrogens with zero attached hydrogens (tertiary/aromatic N) is 2. The normalized spacial score (nSPS) is 10.4. The van der Waals surface area contributed by atoms with Crippen molar-refractivity contribution in [3.05, 3.63) is 33.9 Å². The van der Waals surface area contributed by atoms with Crippen molar-refractivity contribution in [3.8, 4) is 5.75 Å². The van der Waals surface area contributed by atoms with E-state index in [1.165, 1.54) is 0 Å². The van der Waals surface area contributed by atoms with Crippen molar-refractivity contribution in [2.45, 2.75) is 6.92 Å². The van der Waals surface area contributed by atoms with Crippen molar-refractivity contribution in [3.63, 3.8) is 0 Å². The standard InChI is InChI=1S/C13H15BrN4OS/c1-7-11(12(15)20)13(18(2)17-7)16-9-4-8(14)5-10(6-9)19-3/h4-6,16H,1-3H3,(H2,15,20). The van der Waals surface area contributed by atoms with E-state index in [1.807, 2.05) is 32.2 Å². The second-order valence-corrected chi connectivity index (χ2v) is 5.66. The van der Waals surface area contributed by atoms with Crippen molar-refractivity contribution in [2.75, 3.05) is 12.4 Å². The molecule has 0 saturated carbocycles. The van der Waals surface area contributed by atoms with Gasteiger partial charge in [0.1, 0.15) is 16.6 Å². The fourth-order valence-corrected chi connectivity index (χ4v) is 2.70. The Labute approximate surface area is 131 Å². The van der Waals surface area contributed by atoms with Gasteiger partial charge in [0.15, 0.2) is 0 Å². The fourth-order valence-electron chi connectivity index (χ4n) is 1.99. The summed E-state index contributed by atoms with van der Waals surface area (Å²) in [6, 6.07) is 5.71. The molecular weight excluding hydrogens is 340 g/mol. The van der Waals surface area contributed by atoms with Crippen molar-refractivity contribution in [1.82, 2.24) is 9.78 Å². The average molecular weight is 355 g/mol. The average Bonchev–Trinajstić information content (AvgIpc) is 2.63. The van der Waals surface area contributed by atoms with Crippen LogP contribution in [0.25, 0.3) is 0 Å². The maximum atomic E-state index is 5.77. The highest BCUT2D eigenvalue weighted by Gasteiger charge is 2.16. The Morgan fingerprint density at radius 2 is 2.15 bits per heavy atom. The molecule has 0 saturated heterocycles. The second-order valence-electron chi connectivity index (χ2n) is 4.30. The minimum Gasteiger partial charge on any atom is -0.497 e. The highest BCUT2D eigenvalue weighted by Crippen LogP contribution is 2.29. The van der Waals surface area contributed by atoms with Gasteiger partial charge in [0.2, 0.25) is 0 Å². The van der Waals surface area contributed by atoms with Crippen molar-refractivity contribution < 1.29 is 4.74 Å². The van der Waals surface area contributed by atoms with E-state index in [0.29, 0.717) is 4.99 Å². The third-order valence-electron chi connectivity index (χ3n) is 2.84. The van der Waals surface area contributed by atoms with Gasteiger partial charge in [0.05, 0.1) is 18.4 Å². The minimum absolute atomic E-state index is 0.320. The van der Waals surface area contributed by atoms with Crippen LogP contribution in [0.3, 0.4) is 0 Å². The minimum atomic E-state index is 0.320. The van der Waals surface area contributed by atoms with E-state index in [2.05, 4.69) is 26.3 Å². The lowest BCUT2D eigenvalue weighted by Gasteiger charge is -2.11. The maximum absolute atomic E-state index is 5.77. The van der Waals surface area contributed by atoms with Crippen LogP contribution in [0, 0.1) is 6.92 Å². The Morgan fingerprint density at radius 3 is 2.75 bits per heavy atom. The van der Waals surface area contributed by atoms with Crippen LogP contribution in [-0.2, 0) is 7.05 Å². The van der Waals surface area contributed by atoms with Crippen molar-refractivity contribution >= 4 is 44.6 Å². The summed E-state index contributed by atoms with van der Waals surface area (Å²) in [4.78, 5) is 0.320. The van der Waals surface area contributed by atoms with Gasteiger partial charge in [-0.3, -0.25) is 4.68 Å². The van der Waals surface area contributed by atoms with Crippen molar-refractivity contribution in [2.24, 2.45) is 12.8 Å². The molecule has 0 atom stereocenters. The van der Waals surface area contributed by atoms with Gasteiger partial charge in [-0.1, -0.05) is 28.1 Å². The molecule has 1 aromatic heterocycles. The summed E-state index contributed by atoms with van der Waals surface area (Å²) in [5.41, 5.74) is 8.18. The topological polar surface area (TPSA) is 65.1 Å². The Kier molecular flexibility index (Phi) is 4.29. The number of ether oxygens (including phenoxy) is 1. The molecule has 0 bridgehead atoms. The Hall–Kier alpha value is -1.60. The molecule has 0 amide bonds. The number of nitrogens with two attached hydrogens (primary N) is 1. The van der Waals surface area contributed by atoms with Crippen LogP contribution in [0.1, 0.15) is 11.3 Å². The molecule has 0 aliphatic carbocycles. The van der Waals surface area contributed by atoms with Gasteiger partial charge in [-0.05, 0) is 19.1 Å². The fraction of sp³-hybridized carbons (Fsp3) is 0.231. The highest BCUT2D eigenvalue weighted by molar-refractivity contribution is 9.10. The zero-order chi connectivity index (χ0) is 14.9. The van der Waals surface area contributed by atoms with E-state index in [-0.39, 0.29) is 0 Å². The summed E-state index contributed by atoms with van der Waals surface area (Å²) in [5.74, 6) is 1.51. The van der Waals surface area contributed by atoms with Crippen LogP contribution in [0.4, 0.5) is 11.5 Å². The summed E-state index contributed by atoms with van der Waals surface area (Å²) in [7, 11) is 3.46. The van der Waals surface area contributed by atoms with Gasteiger partial charge in [-0.15, -0.1) is 0 Å². The number of methoxy groups -OCH3 is 1. The smallest absolute Gasteiger partial charge is 0.138 e. The van der Waals surface area contributed by atoms with E-state index in [1.54, 1.807) is 11.8 Å². The number of aromatic nitrogens is 2. The number of rotatable bonds is 4. The molecular formula is C13H15BrN4OS. The first kappa shape index (κ1) is 14.8. The molecule has 2 rings (SSSR count). The number of benzene rings is 1. The monoisotopic (exact) mass is 354 g/mol. The molecule has 0 fully saturated rings. The maximum Gasteiger partial charge on any atom is 0.138 e. The molecule has 0 aliphatic rings. The SMILES string of the molecule is COc1cc(Br)cc(Nc2c(C(N)=S)c(C)nn2C)c1. The van der Waals surface area contributed by atoms with E-state index in [0.717, 1.165) is 33.0 Å². The molecule has 106 valence electrons. The number of halogens is 1. The first-order valence-corrected chi connectivity index (χ1v) is 7.07. The Morgan fingerprint density at radius 1 is 1.45 bits per heavy atom. The first-order chi connectivity index (χ1) is 9.42. The van der Waals surface area contributed by atoms with Crippen LogP contribution in [0.2, 0.25) is 0 Å². The third-order valence-corrected chi connectivity index (χ3v) is 3.50. The van der Waals surface area contributed by atoms with Gasteiger partial charge < -0.3 is 15.8 Å². The van der Waals surface area contributed by atoms with Gasteiger partial charge >= 0.3 is 0 Å². The van der Waals surface area contributed by atoms with E-state index >= 15 is 0 Å². The molecule has 1 heterocycles. The molecule has 0 radical (unpaired) electrons. The van der Waals surface area contributed by atoms with Crippen LogP contribution in [-0.4, -0.2) is 21.9 Å². The van der Waals surface area contributed by atoms with Crippen LogP contribution in [0.5, 0.6) is 5.75 Å². The van der Waals surface area contributed by atoms with Gasteiger partial charge in [0, 0.05) is 23.3 Å². The lowest BCUT2D eigenvalue weighted by Crippen LogP contribution is -2.13. The molecule has 5 nitrogen and oxygen atoms in total. The number of nitrogens with one attached hydrogen (secondary N) is 1. The number of aryl methyl sites for hydroxylation is 2. The van der Waals surface area contributed by atoms with Gasteiger partial charge in [-0.2, -0.15) is 5.10 Å². The van der Waals surface area contributed by atoms with E-state index in [9.17, 15) is 0 Å². The third kappa shape index (κ3) is 2.94. The molecule has 20 heavy (non-hydrogen) atoms. The van der Waals surface area contributed by atoms with Gasteiger partial charge in [0.25, 0.3) is 0 Å². The molecule has 0 unspecified atom stereocenters. The quantitative estimate of drug-likeness (QED) is 0.826. The molecule has 0 spiro atoms. The summed E-state index contributed by atoms with van der Waals surface area (Å²) in [5, 5.41) is 7.62. The molecule has 7 heteroatoms. The zero-order valence-corrected chi connectivity index (χ0v) is 13.8. The highest BCUT2D eigenvalue weighted by atomic mass is 79.9. The second kappa shape index (κ2) is 5.80. The first-order valence-electron chi connectivity index (χ1n) is 5.87. The number of hydrogen-bond acceptors (Lipinski definition) is 4. The molecule has 1 aromatic carbocycles. The van der Waals surface area contributed by atoms with Gasteiger partial charge in [-0.25, -0.2) is 0 Å². The predicted octanol–water partition coefficient (Wildman–Crippen LogP) is 2.88. The van der Waals surface area contributed by atoms with E-state index in [4.69, 9.17) is 22.7 Å². The van der Waals surface area contributed by atoms with E-state index < -0.39 is 0 Å². The Balaban J connectivity index is 2.44. The Bertz CT molecular complexity index is 669. The summed E-state index contributed by atoms with van der Waals surface area (Å²) in [6.45, 7) is 1.88. The predicted molar refractivity (Wildman–Crippen MR) is 87.8 cm³/mol. The summed E-state index contributed by atoms with van der Waals surface area (Å²) < 4.78 is 7.88. The largest absolute Gasteiger partial charge is 0.497 e. The number of hydrogen-bond donors (Lipinski definition) is 2. The molecule has 3 N–H and O–H groups in total.